The molecular formula is C13H14N2O2S. The van der Waals surface area contributed by atoms with Crippen molar-refractivity contribution in [3.63, 3.8) is 0 Å². The van der Waals surface area contributed by atoms with E-state index in [-0.39, 0.29) is 5.69 Å². The topological polar surface area (TPSA) is 55.1 Å². The van der Waals surface area contributed by atoms with Crippen LogP contribution in [0, 0.1) is 6.92 Å². The molecule has 1 aromatic carbocycles. The number of carbonyl (C=O) groups is 1. The van der Waals surface area contributed by atoms with E-state index in [2.05, 4.69) is 4.98 Å². The van der Waals surface area contributed by atoms with Crippen LogP contribution in [0.15, 0.2) is 29.4 Å². The molecule has 0 bridgehead atoms. The average Bonchev–Trinajstić information content (AvgIpc) is 2.68. The number of carboxylic acids is 1. The molecule has 0 unspecified atom stereocenters. The third-order valence-corrected chi connectivity index (χ3v) is 3.49. The van der Waals surface area contributed by atoms with Crippen molar-refractivity contribution in [2.45, 2.75) is 12.1 Å². The van der Waals surface area contributed by atoms with Gasteiger partial charge in [-0.1, -0.05) is 41.6 Å². The van der Waals surface area contributed by atoms with Gasteiger partial charge in [-0.15, -0.1) is 0 Å². The molecule has 0 saturated carbocycles. The van der Waals surface area contributed by atoms with Crippen molar-refractivity contribution >= 4 is 17.7 Å². The second kappa shape index (κ2) is 4.86. The molecule has 0 radical (unpaired) electrons. The first-order chi connectivity index (χ1) is 8.54. The summed E-state index contributed by atoms with van der Waals surface area (Å²) in [5.74, 6) is -0.999. The number of benzene rings is 1. The van der Waals surface area contributed by atoms with Gasteiger partial charge >= 0.3 is 5.97 Å². The van der Waals surface area contributed by atoms with E-state index in [9.17, 15) is 9.90 Å². The van der Waals surface area contributed by atoms with Gasteiger partial charge in [-0.3, -0.25) is 0 Å². The molecule has 4 nitrogen and oxygen atoms in total. The minimum atomic E-state index is -0.999. The fourth-order valence-corrected chi connectivity index (χ4v) is 2.40. The summed E-state index contributed by atoms with van der Waals surface area (Å²) in [6.45, 7) is 2.00. The minimum absolute atomic E-state index is 0.103. The van der Waals surface area contributed by atoms with E-state index in [0.717, 1.165) is 11.1 Å². The molecule has 0 aliphatic carbocycles. The maximum atomic E-state index is 11.3. The Kier molecular flexibility index (Phi) is 3.43. The van der Waals surface area contributed by atoms with E-state index in [1.807, 2.05) is 49.1 Å². The Balaban J connectivity index is 2.65. The van der Waals surface area contributed by atoms with Crippen molar-refractivity contribution < 1.29 is 9.90 Å². The zero-order valence-corrected chi connectivity index (χ0v) is 11.3. The van der Waals surface area contributed by atoms with Gasteiger partial charge in [-0.25, -0.2) is 9.78 Å². The monoisotopic (exact) mass is 262 g/mol. The fourth-order valence-electron chi connectivity index (χ4n) is 1.85. The summed E-state index contributed by atoms with van der Waals surface area (Å²) in [5, 5.41) is 9.93. The van der Waals surface area contributed by atoms with Gasteiger partial charge in [0.05, 0.1) is 5.69 Å². The van der Waals surface area contributed by atoms with Gasteiger partial charge in [-0.05, 0) is 13.2 Å². The molecule has 94 valence electrons. The molecule has 1 heterocycles. The number of aromatic nitrogens is 2. The average molecular weight is 262 g/mol. The van der Waals surface area contributed by atoms with Crippen molar-refractivity contribution in [3.8, 4) is 11.3 Å². The zero-order valence-electron chi connectivity index (χ0n) is 10.5. The molecule has 1 aromatic heterocycles. The number of carboxylic acid groups (broad SMARTS) is 1. The Labute approximate surface area is 110 Å². The molecule has 0 amide bonds. The van der Waals surface area contributed by atoms with Crippen molar-refractivity contribution in [3.05, 3.63) is 35.5 Å². The van der Waals surface area contributed by atoms with Gasteiger partial charge in [-0.2, -0.15) is 0 Å². The van der Waals surface area contributed by atoms with Gasteiger partial charge in [0.1, 0.15) is 0 Å². The van der Waals surface area contributed by atoms with E-state index in [0.29, 0.717) is 10.9 Å². The summed E-state index contributed by atoms with van der Waals surface area (Å²) < 4.78 is 1.82. The van der Waals surface area contributed by atoms with E-state index in [4.69, 9.17) is 0 Å². The van der Waals surface area contributed by atoms with Crippen LogP contribution >= 0.6 is 11.8 Å². The predicted octanol–water partition coefficient (Wildman–Crippen LogP) is 2.82. The lowest BCUT2D eigenvalue weighted by Crippen LogP contribution is -2.01. The van der Waals surface area contributed by atoms with E-state index < -0.39 is 5.97 Å². The summed E-state index contributed by atoms with van der Waals surface area (Å²) in [6, 6.07) is 7.77. The second-order valence-electron chi connectivity index (χ2n) is 4.03. The first-order valence-corrected chi connectivity index (χ1v) is 6.68. The SMILES string of the molecule is CSc1nc(C(=O)O)c(-c2ccc(C)cc2)n1C. The summed E-state index contributed by atoms with van der Waals surface area (Å²) in [4.78, 5) is 15.4. The summed E-state index contributed by atoms with van der Waals surface area (Å²) in [5.41, 5.74) is 2.76. The lowest BCUT2D eigenvalue weighted by Gasteiger charge is -2.06. The van der Waals surface area contributed by atoms with E-state index in [1.165, 1.54) is 11.8 Å². The highest BCUT2D eigenvalue weighted by atomic mass is 32.2. The number of aryl methyl sites for hydroxylation is 1. The Bertz CT molecular complexity index is 588. The van der Waals surface area contributed by atoms with Crippen LogP contribution in [0.2, 0.25) is 0 Å². The molecular weight excluding hydrogens is 248 g/mol. The number of hydrogen-bond donors (Lipinski definition) is 1. The van der Waals surface area contributed by atoms with Crippen LogP contribution in [-0.4, -0.2) is 26.9 Å². The lowest BCUT2D eigenvalue weighted by atomic mass is 10.1. The van der Waals surface area contributed by atoms with Crippen LogP contribution in [-0.2, 0) is 7.05 Å². The lowest BCUT2D eigenvalue weighted by molar-refractivity contribution is 0.0691. The number of rotatable bonds is 3. The summed E-state index contributed by atoms with van der Waals surface area (Å²) >= 11 is 1.43. The molecule has 2 aromatic rings. The second-order valence-corrected chi connectivity index (χ2v) is 4.80. The van der Waals surface area contributed by atoms with Crippen LogP contribution in [0.3, 0.4) is 0 Å². The van der Waals surface area contributed by atoms with E-state index >= 15 is 0 Å². The molecule has 0 atom stereocenters. The third-order valence-electron chi connectivity index (χ3n) is 2.76. The first-order valence-electron chi connectivity index (χ1n) is 5.45. The quantitative estimate of drug-likeness (QED) is 0.864. The predicted molar refractivity (Wildman–Crippen MR) is 72.1 cm³/mol. The van der Waals surface area contributed by atoms with Crippen molar-refractivity contribution in [2.24, 2.45) is 7.05 Å². The van der Waals surface area contributed by atoms with Crippen molar-refractivity contribution in [1.29, 1.82) is 0 Å². The molecule has 5 heteroatoms. The Hall–Kier alpha value is -1.75. The molecule has 0 aliphatic rings. The number of hydrogen-bond acceptors (Lipinski definition) is 3. The summed E-state index contributed by atoms with van der Waals surface area (Å²) in [7, 11) is 1.83. The van der Waals surface area contributed by atoms with Crippen LogP contribution < -0.4 is 0 Å². The van der Waals surface area contributed by atoms with E-state index in [1.54, 1.807) is 0 Å². The number of aromatic carboxylic acids is 1. The molecule has 0 saturated heterocycles. The van der Waals surface area contributed by atoms with Gasteiger partial charge < -0.3 is 9.67 Å². The smallest absolute Gasteiger partial charge is 0.356 e. The van der Waals surface area contributed by atoms with Gasteiger partial charge in [0.2, 0.25) is 0 Å². The normalized spacial score (nSPS) is 10.6. The Morgan fingerprint density at radius 1 is 1.33 bits per heavy atom. The maximum absolute atomic E-state index is 11.3. The van der Waals surface area contributed by atoms with Crippen molar-refractivity contribution in [1.82, 2.24) is 9.55 Å². The fraction of sp³-hybridized carbons (Fsp3) is 0.231. The highest BCUT2D eigenvalue weighted by molar-refractivity contribution is 7.98. The first kappa shape index (κ1) is 12.7. The third kappa shape index (κ3) is 2.13. The highest BCUT2D eigenvalue weighted by Gasteiger charge is 2.20. The van der Waals surface area contributed by atoms with Crippen LogP contribution in [0.4, 0.5) is 0 Å². The summed E-state index contributed by atoms with van der Waals surface area (Å²) in [6.07, 6.45) is 1.88. The zero-order chi connectivity index (χ0) is 13.3. The molecule has 18 heavy (non-hydrogen) atoms. The van der Waals surface area contributed by atoms with Crippen LogP contribution in [0.25, 0.3) is 11.3 Å². The minimum Gasteiger partial charge on any atom is -0.476 e. The standard InChI is InChI=1S/C13H14N2O2S/c1-8-4-6-9(7-5-8)11-10(12(16)17)14-13(18-3)15(11)2/h4-7H,1-3H3,(H,16,17). The van der Waals surface area contributed by atoms with Gasteiger partial charge in [0, 0.05) is 12.6 Å². The molecule has 0 spiro atoms. The number of thioether (sulfide) groups is 1. The van der Waals surface area contributed by atoms with Gasteiger partial charge in [0.15, 0.2) is 10.9 Å². The Morgan fingerprint density at radius 2 is 1.94 bits per heavy atom. The van der Waals surface area contributed by atoms with Crippen LogP contribution in [0.5, 0.6) is 0 Å². The largest absolute Gasteiger partial charge is 0.476 e. The molecule has 1 N–H and O–H groups in total. The molecule has 0 fully saturated rings. The number of nitrogens with zero attached hydrogens (tertiary/aromatic N) is 2. The van der Waals surface area contributed by atoms with Gasteiger partial charge in [0.25, 0.3) is 0 Å². The van der Waals surface area contributed by atoms with Crippen molar-refractivity contribution in [2.75, 3.05) is 6.26 Å². The number of imidazole rings is 1. The molecule has 0 aliphatic heterocycles. The Morgan fingerprint density at radius 3 is 2.44 bits per heavy atom. The van der Waals surface area contributed by atoms with Crippen LogP contribution in [0.1, 0.15) is 16.1 Å². The molecule has 2 rings (SSSR count). The maximum Gasteiger partial charge on any atom is 0.356 e. The highest BCUT2D eigenvalue weighted by Crippen LogP contribution is 2.28.